The molecule has 0 amide bonds. The summed E-state index contributed by atoms with van der Waals surface area (Å²) in [6, 6.07) is 30.8. The Hall–Kier alpha value is -5.50. The molecule has 0 unspecified atom stereocenters. The second-order valence-electron chi connectivity index (χ2n) is 9.62. The number of ether oxygens (including phenoxy) is 1. The first-order chi connectivity index (χ1) is 20.0. The Labute approximate surface area is 237 Å². The van der Waals surface area contributed by atoms with Crippen molar-refractivity contribution in [2.45, 2.75) is 13.0 Å². The topological polar surface area (TPSA) is 108 Å². The van der Waals surface area contributed by atoms with Crippen LogP contribution in [0.5, 0.6) is 5.88 Å². The first-order valence-corrected chi connectivity index (χ1v) is 13.2. The Bertz CT molecular complexity index is 1910. The molecule has 1 atom stereocenters. The van der Waals surface area contributed by atoms with E-state index in [4.69, 9.17) is 10.5 Å². The molecule has 0 saturated carbocycles. The zero-order valence-electron chi connectivity index (χ0n) is 22.7. The van der Waals surface area contributed by atoms with Gasteiger partial charge in [0, 0.05) is 35.4 Å². The molecular weight excluding hydrogens is 512 g/mol. The summed E-state index contributed by atoms with van der Waals surface area (Å²) in [5.74, 6) is 1.23. The molecule has 8 nitrogen and oxygen atoms in total. The second-order valence-corrected chi connectivity index (χ2v) is 9.62. The normalized spacial score (nSPS) is 11.8. The number of nitrogens with two attached hydrogens (primary N) is 1. The number of methoxy groups -OCH3 is 1. The maximum Gasteiger partial charge on any atom is 0.263 e. The molecule has 0 aliphatic carbocycles. The van der Waals surface area contributed by atoms with E-state index in [0.29, 0.717) is 17.1 Å². The molecule has 0 radical (unpaired) electrons. The molecule has 3 aromatic heterocycles. The van der Waals surface area contributed by atoms with Gasteiger partial charge in [-0.3, -0.25) is 9.36 Å². The van der Waals surface area contributed by atoms with Gasteiger partial charge in [0.05, 0.1) is 18.5 Å². The van der Waals surface area contributed by atoms with Crippen molar-refractivity contribution in [2.24, 2.45) is 0 Å². The van der Waals surface area contributed by atoms with E-state index in [1.807, 2.05) is 97.9 Å². The number of nitrogen functional groups attached to an aromatic ring is 1. The molecule has 202 valence electrons. The molecule has 6 aromatic rings. The van der Waals surface area contributed by atoms with Gasteiger partial charge in [-0.1, -0.05) is 66.7 Å². The molecule has 3 N–H and O–H groups in total. The average molecular weight is 541 g/mol. The van der Waals surface area contributed by atoms with Crippen LogP contribution < -0.4 is 21.3 Å². The van der Waals surface area contributed by atoms with Crippen LogP contribution in [0.15, 0.2) is 114 Å². The van der Waals surface area contributed by atoms with E-state index in [-0.39, 0.29) is 17.5 Å². The van der Waals surface area contributed by atoms with E-state index in [2.05, 4.69) is 26.3 Å². The van der Waals surface area contributed by atoms with Crippen molar-refractivity contribution < 1.29 is 4.74 Å². The van der Waals surface area contributed by atoms with Crippen LogP contribution in [0.1, 0.15) is 18.7 Å². The summed E-state index contributed by atoms with van der Waals surface area (Å²) in [6.07, 6.45) is 3.40. The van der Waals surface area contributed by atoms with Crippen LogP contribution in [0.25, 0.3) is 38.7 Å². The van der Waals surface area contributed by atoms with Crippen LogP contribution in [0.2, 0.25) is 0 Å². The standard InChI is InChI=1S/C33H28N6O2/c1-21(37-31-27(20-36-33(34)38-31)22-10-5-3-6-11-22)28-18-24-12-9-15-26(23-16-17-35-29(19-23)41-2)30(24)32(40)39(28)25-13-7-4-8-14-25/h3-21H,1-2H3,(H3,34,36,37,38)/t21-/m0/s1. The summed E-state index contributed by atoms with van der Waals surface area (Å²) < 4.78 is 7.11. The molecule has 0 spiro atoms. The van der Waals surface area contributed by atoms with Crippen molar-refractivity contribution in [3.05, 3.63) is 126 Å². The average Bonchev–Trinajstić information content (AvgIpc) is 3.01. The largest absolute Gasteiger partial charge is 0.481 e. The summed E-state index contributed by atoms with van der Waals surface area (Å²) >= 11 is 0. The smallest absolute Gasteiger partial charge is 0.263 e. The van der Waals surface area contributed by atoms with Crippen LogP contribution in [0, 0.1) is 0 Å². The van der Waals surface area contributed by atoms with Gasteiger partial charge in [-0.25, -0.2) is 9.97 Å². The maximum atomic E-state index is 14.4. The zero-order chi connectivity index (χ0) is 28.3. The first-order valence-electron chi connectivity index (χ1n) is 13.2. The van der Waals surface area contributed by atoms with Gasteiger partial charge < -0.3 is 15.8 Å². The summed E-state index contributed by atoms with van der Waals surface area (Å²) in [6.45, 7) is 2.00. The highest BCUT2D eigenvalue weighted by Crippen LogP contribution is 2.33. The fourth-order valence-corrected chi connectivity index (χ4v) is 5.09. The lowest BCUT2D eigenvalue weighted by Gasteiger charge is -2.23. The van der Waals surface area contributed by atoms with Gasteiger partial charge in [0.15, 0.2) is 0 Å². The minimum Gasteiger partial charge on any atom is -0.481 e. The highest BCUT2D eigenvalue weighted by atomic mass is 16.5. The van der Waals surface area contributed by atoms with Crippen molar-refractivity contribution in [3.63, 3.8) is 0 Å². The van der Waals surface area contributed by atoms with Gasteiger partial charge in [-0.15, -0.1) is 0 Å². The number of nitrogens with zero attached hydrogens (tertiary/aromatic N) is 4. The number of benzene rings is 3. The Balaban J connectivity index is 1.54. The van der Waals surface area contributed by atoms with Gasteiger partial charge in [0.2, 0.25) is 11.8 Å². The lowest BCUT2D eigenvalue weighted by atomic mass is 9.98. The predicted molar refractivity (Wildman–Crippen MR) is 163 cm³/mol. The maximum absolute atomic E-state index is 14.4. The van der Waals surface area contributed by atoms with E-state index in [0.717, 1.165) is 39.0 Å². The second kappa shape index (κ2) is 10.9. The lowest BCUT2D eigenvalue weighted by molar-refractivity contribution is 0.398. The number of fused-ring (bicyclic) bond motifs is 1. The third-order valence-electron chi connectivity index (χ3n) is 7.03. The van der Waals surface area contributed by atoms with E-state index >= 15 is 0 Å². The van der Waals surface area contributed by atoms with E-state index in [9.17, 15) is 4.79 Å². The summed E-state index contributed by atoms with van der Waals surface area (Å²) in [7, 11) is 1.58. The molecule has 41 heavy (non-hydrogen) atoms. The Morgan fingerprint density at radius 1 is 0.854 bits per heavy atom. The van der Waals surface area contributed by atoms with Crippen LogP contribution in [-0.2, 0) is 0 Å². The van der Waals surface area contributed by atoms with Crippen molar-refractivity contribution in [1.82, 2.24) is 19.5 Å². The predicted octanol–water partition coefficient (Wildman–Crippen LogP) is 6.27. The van der Waals surface area contributed by atoms with E-state index in [1.165, 1.54) is 0 Å². The van der Waals surface area contributed by atoms with Crippen LogP contribution >= 0.6 is 0 Å². The van der Waals surface area contributed by atoms with Crippen LogP contribution in [0.4, 0.5) is 11.8 Å². The number of hydrogen-bond donors (Lipinski definition) is 2. The number of anilines is 2. The Morgan fingerprint density at radius 2 is 1.61 bits per heavy atom. The fourth-order valence-electron chi connectivity index (χ4n) is 5.09. The van der Waals surface area contributed by atoms with Crippen molar-refractivity contribution in [3.8, 4) is 33.8 Å². The lowest BCUT2D eigenvalue weighted by Crippen LogP contribution is -2.26. The molecular formula is C33H28N6O2. The third kappa shape index (κ3) is 4.98. The molecule has 6 rings (SSSR count). The number of rotatable bonds is 7. The molecule has 3 aromatic carbocycles. The van der Waals surface area contributed by atoms with Crippen molar-refractivity contribution >= 4 is 22.5 Å². The van der Waals surface area contributed by atoms with E-state index < -0.39 is 0 Å². The number of nitrogens with one attached hydrogen (secondary N) is 1. The Kier molecular flexibility index (Phi) is 6.87. The molecule has 0 fully saturated rings. The van der Waals surface area contributed by atoms with Gasteiger partial charge in [0.1, 0.15) is 5.82 Å². The summed E-state index contributed by atoms with van der Waals surface area (Å²) in [5.41, 5.74) is 10.8. The van der Waals surface area contributed by atoms with Gasteiger partial charge in [-0.05, 0) is 53.3 Å². The Morgan fingerprint density at radius 3 is 2.37 bits per heavy atom. The third-order valence-corrected chi connectivity index (χ3v) is 7.03. The fraction of sp³-hybridized carbons (Fsp3) is 0.0909. The van der Waals surface area contributed by atoms with Crippen molar-refractivity contribution in [1.29, 1.82) is 0 Å². The summed E-state index contributed by atoms with van der Waals surface area (Å²) in [5, 5.41) is 4.95. The molecule has 8 heteroatoms. The van der Waals surface area contributed by atoms with Gasteiger partial charge >= 0.3 is 0 Å². The minimum atomic E-state index is -0.325. The zero-order valence-corrected chi connectivity index (χ0v) is 22.7. The van der Waals surface area contributed by atoms with Gasteiger partial charge in [0.25, 0.3) is 5.56 Å². The number of hydrogen-bond acceptors (Lipinski definition) is 7. The van der Waals surface area contributed by atoms with Crippen LogP contribution in [-0.4, -0.2) is 26.6 Å². The van der Waals surface area contributed by atoms with Crippen molar-refractivity contribution in [2.75, 3.05) is 18.2 Å². The monoisotopic (exact) mass is 540 g/mol. The highest BCUT2D eigenvalue weighted by Gasteiger charge is 2.20. The molecule has 0 saturated heterocycles. The number of pyridine rings is 2. The van der Waals surface area contributed by atoms with E-state index in [1.54, 1.807) is 24.1 Å². The molecule has 3 heterocycles. The highest BCUT2D eigenvalue weighted by molar-refractivity contribution is 5.96. The molecule has 0 aliphatic heterocycles. The number of para-hydroxylation sites is 1. The van der Waals surface area contributed by atoms with Gasteiger partial charge in [-0.2, -0.15) is 4.98 Å². The first kappa shape index (κ1) is 25.8. The molecule has 0 bridgehead atoms. The SMILES string of the molecule is COc1cc(-c2cccc3cc([C@H](C)Nc4nc(N)ncc4-c4ccccc4)n(-c4ccccc4)c(=O)c23)ccn1. The summed E-state index contributed by atoms with van der Waals surface area (Å²) in [4.78, 5) is 27.4. The minimum absolute atomic E-state index is 0.130. The quantitative estimate of drug-likeness (QED) is 0.246. The van der Waals surface area contributed by atoms with Crippen LogP contribution in [0.3, 0.4) is 0 Å². The molecule has 0 aliphatic rings. The number of aromatic nitrogens is 4.